The van der Waals surface area contributed by atoms with Crippen LogP contribution in [0.2, 0.25) is 0 Å². The van der Waals surface area contributed by atoms with E-state index in [0.717, 1.165) is 18.1 Å². The highest BCUT2D eigenvalue weighted by molar-refractivity contribution is 5.95. The SMILES string of the molecule is CC(C)CNc1cccnc1N1CCN(C(=O)c2ccc(C(N)=O)cn2)CC1. The van der Waals surface area contributed by atoms with Gasteiger partial charge < -0.3 is 20.9 Å². The first-order valence-corrected chi connectivity index (χ1v) is 9.44. The summed E-state index contributed by atoms with van der Waals surface area (Å²) in [5, 5.41) is 3.45. The molecule has 0 spiro atoms. The third kappa shape index (κ3) is 4.57. The molecule has 0 radical (unpaired) electrons. The first-order chi connectivity index (χ1) is 13.5. The molecule has 28 heavy (non-hydrogen) atoms. The van der Waals surface area contributed by atoms with Crippen molar-refractivity contribution in [1.29, 1.82) is 0 Å². The van der Waals surface area contributed by atoms with Gasteiger partial charge in [-0.1, -0.05) is 13.8 Å². The van der Waals surface area contributed by atoms with E-state index in [2.05, 4.69) is 34.0 Å². The fraction of sp³-hybridized carbons (Fsp3) is 0.400. The van der Waals surface area contributed by atoms with Crippen molar-refractivity contribution in [1.82, 2.24) is 14.9 Å². The summed E-state index contributed by atoms with van der Waals surface area (Å²) in [5.41, 5.74) is 6.83. The minimum atomic E-state index is -0.558. The maximum absolute atomic E-state index is 12.7. The standard InChI is InChI=1S/C20H26N6O2/c1-14(2)12-23-16-4-3-7-22-19(16)25-8-10-26(11-9-25)20(28)17-6-5-15(13-24-17)18(21)27/h3-7,13-14,23H,8-12H2,1-2H3,(H2,21,27). The van der Waals surface area contributed by atoms with E-state index in [1.165, 1.54) is 12.3 Å². The maximum atomic E-state index is 12.7. The number of amides is 2. The predicted octanol–water partition coefficient (Wildman–Crippen LogP) is 1.61. The average molecular weight is 382 g/mol. The summed E-state index contributed by atoms with van der Waals surface area (Å²) in [6.07, 6.45) is 3.13. The number of anilines is 2. The van der Waals surface area contributed by atoms with E-state index >= 15 is 0 Å². The molecule has 1 fully saturated rings. The Morgan fingerprint density at radius 2 is 1.89 bits per heavy atom. The number of nitrogens with two attached hydrogens (primary N) is 1. The van der Waals surface area contributed by atoms with Gasteiger partial charge in [0.1, 0.15) is 5.69 Å². The number of nitrogens with zero attached hydrogens (tertiary/aromatic N) is 4. The van der Waals surface area contributed by atoms with Crippen molar-refractivity contribution in [3.8, 4) is 0 Å². The molecular formula is C20H26N6O2. The van der Waals surface area contributed by atoms with E-state index in [1.54, 1.807) is 17.2 Å². The molecule has 3 N–H and O–H groups in total. The molecule has 0 aromatic carbocycles. The summed E-state index contributed by atoms with van der Waals surface area (Å²) in [5.74, 6) is 0.752. The highest BCUT2D eigenvalue weighted by Gasteiger charge is 2.25. The molecule has 0 saturated carbocycles. The van der Waals surface area contributed by atoms with Crippen molar-refractivity contribution in [2.45, 2.75) is 13.8 Å². The van der Waals surface area contributed by atoms with Crippen LogP contribution in [0.5, 0.6) is 0 Å². The largest absolute Gasteiger partial charge is 0.382 e. The maximum Gasteiger partial charge on any atom is 0.272 e. The van der Waals surface area contributed by atoms with E-state index in [-0.39, 0.29) is 11.5 Å². The lowest BCUT2D eigenvalue weighted by Crippen LogP contribution is -2.49. The van der Waals surface area contributed by atoms with Gasteiger partial charge in [-0.3, -0.25) is 14.6 Å². The molecule has 1 aliphatic rings. The van der Waals surface area contributed by atoms with Crippen molar-refractivity contribution >= 4 is 23.3 Å². The molecule has 3 rings (SSSR count). The molecule has 2 aromatic heterocycles. The Hall–Kier alpha value is -3.16. The minimum Gasteiger partial charge on any atom is -0.382 e. The van der Waals surface area contributed by atoms with E-state index in [0.29, 0.717) is 37.8 Å². The van der Waals surface area contributed by atoms with Crippen LogP contribution in [-0.2, 0) is 0 Å². The van der Waals surface area contributed by atoms with Crippen LogP contribution >= 0.6 is 0 Å². The van der Waals surface area contributed by atoms with E-state index < -0.39 is 5.91 Å². The van der Waals surface area contributed by atoms with E-state index in [1.807, 2.05) is 12.1 Å². The zero-order valence-electron chi connectivity index (χ0n) is 16.3. The Labute approximate surface area is 164 Å². The molecular weight excluding hydrogens is 356 g/mol. The Morgan fingerprint density at radius 1 is 1.14 bits per heavy atom. The highest BCUT2D eigenvalue weighted by atomic mass is 16.2. The van der Waals surface area contributed by atoms with Crippen molar-refractivity contribution in [3.63, 3.8) is 0 Å². The molecule has 1 saturated heterocycles. The van der Waals surface area contributed by atoms with Crippen molar-refractivity contribution in [2.24, 2.45) is 11.7 Å². The number of rotatable bonds is 6. The van der Waals surface area contributed by atoms with Crippen LogP contribution < -0.4 is 16.0 Å². The number of primary amides is 1. The van der Waals surface area contributed by atoms with Gasteiger partial charge in [0, 0.05) is 45.1 Å². The van der Waals surface area contributed by atoms with E-state index in [4.69, 9.17) is 5.73 Å². The van der Waals surface area contributed by atoms with Crippen molar-refractivity contribution < 1.29 is 9.59 Å². The van der Waals surface area contributed by atoms with Gasteiger partial charge in [-0.25, -0.2) is 4.98 Å². The fourth-order valence-electron chi connectivity index (χ4n) is 3.05. The molecule has 2 amide bonds. The summed E-state index contributed by atoms with van der Waals surface area (Å²) < 4.78 is 0. The molecule has 8 nitrogen and oxygen atoms in total. The second-order valence-electron chi connectivity index (χ2n) is 7.22. The molecule has 2 aromatic rings. The average Bonchev–Trinajstić information content (AvgIpc) is 2.72. The van der Waals surface area contributed by atoms with Gasteiger partial charge in [0.25, 0.3) is 5.91 Å². The Balaban J connectivity index is 1.63. The lowest BCUT2D eigenvalue weighted by molar-refractivity contribution is 0.0740. The summed E-state index contributed by atoms with van der Waals surface area (Å²) in [6, 6.07) is 7.03. The summed E-state index contributed by atoms with van der Waals surface area (Å²) in [6.45, 7) is 7.76. The Bertz CT molecular complexity index is 829. The molecule has 0 bridgehead atoms. The topological polar surface area (TPSA) is 104 Å². The molecule has 0 aliphatic carbocycles. The number of hydrogen-bond donors (Lipinski definition) is 2. The van der Waals surface area contributed by atoms with E-state index in [9.17, 15) is 9.59 Å². The number of aromatic nitrogens is 2. The summed E-state index contributed by atoms with van der Waals surface area (Å²) >= 11 is 0. The lowest BCUT2D eigenvalue weighted by atomic mass is 10.2. The normalized spacial score (nSPS) is 14.2. The molecule has 1 aliphatic heterocycles. The predicted molar refractivity (Wildman–Crippen MR) is 108 cm³/mol. The monoisotopic (exact) mass is 382 g/mol. The number of piperazine rings is 1. The molecule has 0 atom stereocenters. The van der Waals surface area contributed by atoms with Gasteiger partial charge in [-0.2, -0.15) is 0 Å². The van der Waals surface area contributed by atoms with Crippen LogP contribution in [0, 0.1) is 5.92 Å². The smallest absolute Gasteiger partial charge is 0.272 e. The first-order valence-electron chi connectivity index (χ1n) is 9.44. The second kappa shape index (κ2) is 8.69. The van der Waals surface area contributed by atoms with Crippen LogP contribution in [0.1, 0.15) is 34.7 Å². The molecule has 148 valence electrons. The van der Waals surface area contributed by atoms with Crippen LogP contribution in [0.4, 0.5) is 11.5 Å². The third-order valence-corrected chi connectivity index (χ3v) is 4.62. The molecule has 8 heteroatoms. The van der Waals surface area contributed by atoms with Gasteiger partial charge in [0.2, 0.25) is 5.91 Å². The Kier molecular flexibility index (Phi) is 6.08. The second-order valence-corrected chi connectivity index (χ2v) is 7.22. The number of pyridine rings is 2. The van der Waals surface area contributed by atoms with Gasteiger partial charge in [0.05, 0.1) is 11.3 Å². The molecule has 3 heterocycles. The lowest BCUT2D eigenvalue weighted by Gasteiger charge is -2.36. The van der Waals surface area contributed by atoms with Crippen LogP contribution in [0.25, 0.3) is 0 Å². The van der Waals surface area contributed by atoms with Gasteiger partial charge in [0.15, 0.2) is 5.82 Å². The summed E-state index contributed by atoms with van der Waals surface area (Å²) in [7, 11) is 0. The number of nitrogens with one attached hydrogen (secondary N) is 1. The van der Waals surface area contributed by atoms with Crippen molar-refractivity contribution in [2.75, 3.05) is 42.9 Å². The van der Waals surface area contributed by atoms with Crippen LogP contribution in [0.15, 0.2) is 36.7 Å². The van der Waals surface area contributed by atoms with Crippen LogP contribution in [0.3, 0.4) is 0 Å². The zero-order valence-corrected chi connectivity index (χ0v) is 16.3. The number of carbonyl (C=O) groups is 2. The number of carbonyl (C=O) groups excluding carboxylic acids is 2. The quantitative estimate of drug-likeness (QED) is 0.786. The van der Waals surface area contributed by atoms with Crippen molar-refractivity contribution in [3.05, 3.63) is 47.9 Å². The minimum absolute atomic E-state index is 0.144. The fourth-order valence-corrected chi connectivity index (χ4v) is 3.05. The Morgan fingerprint density at radius 3 is 2.50 bits per heavy atom. The van der Waals surface area contributed by atoms with Crippen LogP contribution in [-0.4, -0.2) is 59.4 Å². The molecule has 0 unspecified atom stereocenters. The van der Waals surface area contributed by atoms with Gasteiger partial charge in [-0.15, -0.1) is 0 Å². The highest BCUT2D eigenvalue weighted by Crippen LogP contribution is 2.24. The zero-order chi connectivity index (χ0) is 20.1. The number of hydrogen-bond acceptors (Lipinski definition) is 6. The first kappa shape index (κ1) is 19.6. The summed E-state index contributed by atoms with van der Waals surface area (Å²) in [4.78, 5) is 36.4. The third-order valence-electron chi connectivity index (χ3n) is 4.62. The van der Waals surface area contributed by atoms with Gasteiger partial charge in [-0.05, 0) is 30.2 Å². The van der Waals surface area contributed by atoms with Gasteiger partial charge >= 0.3 is 0 Å².